The second kappa shape index (κ2) is 9.46. The number of nitrogens with zero attached hydrogens (tertiary/aromatic N) is 3. The Kier molecular flexibility index (Phi) is 6.94. The summed E-state index contributed by atoms with van der Waals surface area (Å²) in [5, 5.41) is 0.573. The highest BCUT2D eigenvalue weighted by molar-refractivity contribution is 5.79. The first-order valence-electron chi connectivity index (χ1n) is 11.1. The summed E-state index contributed by atoms with van der Waals surface area (Å²) in [4.78, 5) is 33.5. The molecular weight excluding hydrogens is 386 g/mol. The predicted molar refractivity (Wildman–Crippen MR) is 126 cm³/mol. The van der Waals surface area contributed by atoms with Crippen LogP contribution in [0.15, 0.2) is 53.3 Å². The van der Waals surface area contributed by atoms with Crippen LogP contribution in [0.2, 0.25) is 0 Å². The van der Waals surface area contributed by atoms with Gasteiger partial charge in [0, 0.05) is 13.0 Å². The highest BCUT2D eigenvalue weighted by Crippen LogP contribution is 2.25. The van der Waals surface area contributed by atoms with Crippen LogP contribution in [0.1, 0.15) is 58.5 Å². The van der Waals surface area contributed by atoms with Crippen molar-refractivity contribution in [2.75, 3.05) is 6.54 Å². The monoisotopic (exact) mass is 419 g/mol. The largest absolute Gasteiger partial charge is 0.333 e. The number of para-hydroxylation sites is 1. The Morgan fingerprint density at radius 3 is 2.35 bits per heavy atom. The molecule has 0 saturated carbocycles. The summed E-state index contributed by atoms with van der Waals surface area (Å²) in [5.41, 5.74) is 2.37. The predicted octanol–water partition coefficient (Wildman–Crippen LogP) is 5.29. The molecule has 5 nitrogen and oxygen atoms in total. The maximum absolute atomic E-state index is 13.6. The zero-order valence-corrected chi connectivity index (χ0v) is 19.4. The zero-order valence-electron chi connectivity index (χ0n) is 19.4. The van der Waals surface area contributed by atoms with Gasteiger partial charge in [0.25, 0.3) is 5.56 Å². The third kappa shape index (κ3) is 5.04. The van der Waals surface area contributed by atoms with E-state index in [0.717, 1.165) is 11.3 Å². The molecule has 5 heteroatoms. The Labute approximate surface area is 184 Å². The van der Waals surface area contributed by atoms with Gasteiger partial charge in [-0.05, 0) is 55.5 Å². The van der Waals surface area contributed by atoms with Gasteiger partial charge in [0.15, 0.2) is 0 Å². The van der Waals surface area contributed by atoms with Gasteiger partial charge < -0.3 is 4.90 Å². The zero-order chi connectivity index (χ0) is 22.7. The first kappa shape index (κ1) is 22.7. The smallest absolute Gasteiger partial charge is 0.266 e. The van der Waals surface area contributed by atoms with E-state index in [1.165, 1.54) is 0 Å². The molecule has 1 amide bonds. The van der Waals surface area contributed by atoms with Crippen molar-refractivity contribution in [3.8, 4) is 5.69 Å². The topological polar surface area (TPSA) is 55.2 Å². The fourth-order valence-corrected chi connectivity index (χ4v) is 3.92. The molecule has 0 aliphatic heterocycles. The van der Waals surface area contributed by atoms with Crippen molar-refractivity contribution >= 4 is 16.8 Å². The van der Waals surface area contributed by atoms with E-state index in [0.29, 0.717) is 35.6 Å². The Bertz CT molecular complexity index is 1130. The maximum Gasteiger partial charge on any atom is 0.266 e. The lowest BCUT2D eigenvalue weighted by molar-refractivity contribution is -0.135. The van der Waals surface area contributed by atoms with Crippen molar-refractivity contribution in [3.63, 3.8) is 0 Å². The van der Waals surface area contributed by atoms with Gasteiger partial charge in [0.1, 0.15) is 5.82 Å². The van der Waals surface area contributed by atoms with E-state index in [9.17, 15) is 9.59 Å². The van der Waals surface area contributed by atoms with E-state index in [4.69, 9.17) is 4.98 Å². The molecule has 1 heterocycles. The molecule has 0 radical (unpaired) electrons. The van der Waals surface area contributed by atoms with Crippen LogP contribution in [-0.2, 0) is 4.79 Å². The lowest BCUT2D eigenvalue weighted by atomic mass is 10.1. The van der Waals surface area contributed by atoms with Crippen LogP contribution in [0.25, 0.3) is 16.6 Å². The maximum atomic E-state index is 13.6. The molecule has 0 fully saturated rings. The van der Waals surface area contributed by atoms with Gasteiger partial charge in [0.2, 0.25) is 5.91 Å². The summed E-state index contributed by atoms with van der Waals surface area (Å²) in [6, 6.07) is 14.9. The summed E-state index contributed by atoms with van der Waals surface area (Å²) in [6.45, 7) is 12.9. The lowest BCUT2D eigenvalue weighted by Crippen LogP contribution is -2.40. The number of hydrogen-bond acceptors (Lipinski definition) is 3. The fraction of sp³-hybridized carbons (Fsp3) is 0.423. The van der Waals surface area contributed by atoms with Crippen molar-refractivity contribution in [2.24, 2.45) is 11.8 Å². The van der Waals surface area contributed by atoms with Crippen LogP contribution in [0, 0.1) is 18.8 Å². The van der Waals surface area contributed by atoms with Crippen LogP contribution in [-0.4, -0.2) is 26.9 Å². The van der Waals surface area contributed by atoms with Gasteiger partial charge in [-0.3, -0.25) is 14.2 Å². The summed E-state index contributed by atoms with van der Waals surface area (Å²) < 4.78 is 1.68. The van der Waals surface area contributed by atoms with Gasteiger partial charge >= 0.3 is 0 Å². The first-order chi connectivity index (χ1) is 14.7. The SMILES string of the molecule is Cc1cccc(-n2c([C@@H](C)N(CC(C)C)C(=O)CC(C)C)nc3ccccc3c2=O)c1. The lowest BCUT2D eigenvalue weighted by Gasteiger charge is -2.32. The van der Waals surface area contributed by atoms with E-state index in [-0.39, 0.29) is 23.4 Å². The van der Waals surface area contributed by atoms with Crippen LogP contribution < -0.4 is 5.56 Å². The van der Waals surface area contributed by atoms with Crippen LogP contribution >= 0.6 is 0 Å². The Hall–Kier alpha value is -2.95. The first-order valence-corrected chi connectivity index (χ1v) is 11.1. The van der Waals surface area contributed by atoms with E-state index >= 15 is 0 Å². The number of carbonyl (C=O) groups is 1. The average Bonchev–Trinajstić information content (AvgIpc) is 2.70. The number of fused-ring (bicyclic) bond motifs is 1. The number of aryl methyl sites for hydroxylation is 1. The minimum absolute atomic E-state index is 0.0920. The highest BCUT2D eigenvalue weighted by atomic mass is 16.2. The normalized spacial score (nSPS) is 12.5. The van der Waals surface area contributed by atoms with Gasteiger partial charge in [0.05, 0.1) is 22.6 Å². The van der Waals surface area contributed by atoms with Crippen LogP contribution in [0.4, 0.5) is 0 Å². The summed E-state index contributed by atoms with van der Waals surface area (Å²) in [7, 11) is 0. The third-order valence-corrected chi connectivity index (χ3v) is 5.37. The highest BCUT2D eigenvalue weighted by Gasteiger charge is 2.27. The van der Waals surface area contributed by atoms with Crippen molar-refractivity contribution in [3.05, 3.63) is 70.3 Å². The van der Waals surface area contributed by atoms with E-state index in [1.54, 1.807) is 10.6 Å². The van der Waals surface area contributed by atoms with E-state index in [1.807, 2.05) is 75.1 Å². The van der Waals surface area contributed by atoms with Gasteiger partial charge in [-0.1, -0.05) is 52.0 Å². The number of hydrogen-bond donors (Lipinski definition) is 0. The van der Waals surface area contributed by atoms with E-state index in [2.05, 4.69) is 13.8 Å². The van der Waals surface area contributed by atoms with Crippen molar-refractivity contribution in [1.29, 1.82) is 0 Å². The fourth-order valence-electron chi connectivity index (χ4n) is 3.92. The molecular formula is C26H33N3O2. The van der Waals surface area contributed by atoms with Crippen molar-refractivity contribution in [2.45, 2.75) is 54.0 Å². The Morgan fingerprint density at radius 1 is 1.00 bits per heavy atom. The minimum Gasteiger partial charge on any atom is -0.333 e. The minimum atomic E-state index is -0.341. The molecule has 3 rings (SSSR count). The Balaban J connectivity index is 2.24. The molecule has 2 aromatic carbocycles. The van der Waals surface area contributed by atoms with Crippen LogP contribution in [0.3, 0.4) is 0 Å². The average molecular weight is 420 g/mol. The molecule has 0 aliphatic carbocycles. The quantitative estimate of drug-likeness (QED) is 0.523. The van der Waals surface area contributed by atoms with Crippen molar-refractivity contribution < 1.29 is 4.79 Å². The van der Waals surface area contributed by atoms with Crippen molar-refractivity contribution in [1.82, 2.24) is 14.5 Å². The number of amides is 1. The summed E-state index contributed by atoms with van der Waals surface area (Å²) >= 11 is 0. The number of rotatable bonds is 7. The summed E-state index contributed by atoms with van der Waals surface area (Å²) in [6.07, 6.45) is 0.472. The number of carbonyl (C=O) groups excluding carboxylic acids is 1. The number of benzene rings is 2. The molecule has 0 unspecified atom stereocenters. The van der Waals surface area contributed by atoms with Gasteiger partial charge in [-0.2, -0.15) is 0 Å². The Morgan fingerprint density at radius 2 is 1.71 bits per heavy atom. The molecule has 0 aliphatic rings. The molecule has 0 bridgehead atoms. The number of aromatic nitrogens is 2. The molecule has 31 heavy (non-hydrogen) atoms. The second-order valence-corrected chi connectivity index (χ2v) is 9.18. The van der Waals surface area contributed by atoms with Gasteiger partial charge in [-0.15, -0.1) is 0 Å². The van der Waals surface area contributed by atoms with E-state index < -0.39 is 0 Å². The molecule has 0 N–H and O–H groups in total. The molecule has 0 saturated heterocycles. The van der Waals surface area contributed by atoms with Gasteiger partial charge in [-0.25, -0.2) is 4.98 Å². The standard InChI is InChI=1S/C26H33N3O2/c1-17(2)14-24(30)28(16-18(3)4)20(6)25-27-23-13-8-7-12-22(23)26(31)29(25)21-11-9-10-19(5)15-21/h7-13,15,17-18,20H,14,16H2,1-6H3/t20-/m1/s1. The van der Waals surface area contributed by atoms with Crippen LogP contribution in [0.5, 0.6) is 0 Å². The second-order valence-electron chi connectivity index (χ2n) is 9.18. The third-order valence-electron chi connectivity index (χ3n) is 5.37. The molecule has 3 aromatic rings. The summed E-state index contributed by atoms with van der Waals surface area (Å²) in [5.74, 6) is 1.25. The molecule has 1 aromatic heterocycles. The molecule has 164 valence electrons. The molecule has 1 atom stereocenters. The molecule has 0 spiro atoms.